The normalized spacial score (nSPS) is 12.3. The molecule has 0 aromatic heterocycles. The van der Waals surface area contributed by atoms with Crippen LogP contribution in [0, 0.1) is 0 Å². The minimum Gasteiger partial charge on any atom is -0.505 e. The summed E-state index contributed by atoms with van der Waals surface area (Å²) in [5.74, 6) is -0.148. The van der Waals surface area contributed by atoms with Crippen molar-refractivity contribution >= 4 is 40.6 Å². The molecule has 3 aromatic rings. The van der Waals surface area contributed by atoms with Crippen LogP contribution in [0.5, 0.6) is 5.75 Å². The zero-order chi connectivity index (χ0) is 21.8. The number of aromatic hydroxyl groups is 1. The van der Waals surface area contributed by atoms with Gasteiger partial charge >= 0.3 is 0 Å². The molecule has 1 unspecified atom stereocenters. The Hall–Kier alpha value is -2.52. The molecule has 0 bridgehead atoms. The minimum absolute atomic E-state index is 0.114. The van der Waals surface area contributed by atoms with Crippen molar-refractivity contribution in [2.75, 3.05) is 24.8 Å². The third-order valence-electron chi connectivity index (χ3n) is 4.66. The molecule has 3 N–H and O–H groups in total. The summed E-state index contributed by atoms with van der Waals surface area (Å²) in [7, 11) is 3.14. The average Bonchev–Trinajstić information content (AvgIpc) is 2.77. The van der Waals surface area contributed by atoms with Crippen LogP contribution in [0.4, 0.5) is 17.1 Å². The Morgan fingerprint density at radius 1 is 1.13 bits per heavy atom. The van der Waals surface area contributed by atoms with Gasteiger partial charge < -0.3 is 15.7 Å². The van der Waals surface area contributed by atoms with Crippen molar-refractivity contribution in [1.82, 2.24) is 4.47 Å². The highest BCUT2D eigenvalue weighted by Crippen LogP contribution is 2.42. The van der Waals surface area contributed by atoms with Gasteiger partial charge in [-0.25, -0.2) is 0 Å². The summed E-state index contributed by atoms with van der Waals surface area (Å²) in [4.78, 5) is 29.8. The van der Waals surface area contributed by atoms with Crippen LogP contribution in [0.15, 0.2) is 56.9 Å². The Morgan fingerprint density at radius 3 is 2.43 bits per heavy atom. The lowest BCUT2D eigenvalue weighted by Gasteiger charge is -2.22. The van der Waals surface area contributed by atoms with E-state index in [9.17, 15) is 14.7 Å². The van der Waals surface area contributed by atoms with Crippen LogP contribution < -0.4 is 21.5 Å². The monoisotopic (exact) mass is 447 g/mol. The van der Waals surface area contributed by atoms with Crippen LogP contribution in [0.25, 0.3) is 0 Å². The van der Waals surface area contributed by atoms with Crippen LogP contribution in [0.2, 0.25) is 5.02 Å². The molecule has 0 saturated carbocycles. The fourth-order valence-electron chi connectivity index (χ4n) is 2.96. The molecule has 0 amide bonds. The summed E-state index contributed by atoms with van der Waals surface area (Å²) >= 11 is 7.27. The van der Waals surface area contributed by atoms with Gasteiger partial charge in [-0.2, -0.15) is 0 Å². The van der Waals surface area contributed by atoms with Crippen LogP contribution in [-0.4, -0.2) is 23.7 Å². The summed E-state index contributed by atoms with van der Waals surface area (Å²) in [5.41, 5.74) is 0.354. The fourth-order valence-corrected chi connectivity index (χ4v) is 3.90. The Bertz CT molecular complexity index is 1100. The van der Waals surface area contributed by atoms with Gasteiger partial charge in [0, 0.05) is 7.05 Å². The van der Waals surface area contributed by atoms with Gasteiger partial charge in [0.2, 0.25) is 0 Å². The molecule has 3 aromatic carbocycles. The number of hydrogen-bond donors (Lipinski definition) is 3. The molecule has 0 aliphatic carbocycles. The van der Waals surface area contributed by atoms with Crippen LogP contribution >= 0.6 is 23.5 Å². The van der Waals surface area contributed by atoms with Crippen molar-refractivity contribution in [1.29, 1.82) is 0 Å². The highest BCUT2D eigenvalue weighted by Gasteiger charge is 2.25. The van der Waals surface area contributed by atoms with Gasteiger partial charge in [0.15, 0.2) is 5.75 Å². The first kappa shape index (κ1) is 22.2. The van der Waals surface area contributed by atoms with Crippen molar-refractivity contribution in [2.45, 2.75) is 24.3 Å². The van der Waals surface area contributed by atoms with E-state index in [0.29, 0.717) is 9.92 Å². The molecule has 30 heavy (non-hydrogen) atoms. The van der Waals surface area contributed by atoms with Gasteiger partial charge in [0.05, 0.1) is 28.8 Å². The van der Waals surface area contributed by atoms with Crippen LogP contribution in [-0.2, 0) is 4.84 Å². The molecule has 1 atom stereocenters. The molecule has 3 rings (SSSR count). The molecule has 0 heterocycles. The molecular formula is C21H22ClN3O4S. The third-order valence-corrected chi connectivity index (χ3v) is 6.09. The number of nitrogens with zero attached hydrogens (tertiary/aromatic N) is 1. The average molecular weight is 448 g/mol. The predicted octanol–water partition coefficient (Wildman–Crippen LogP) is 4.45. The van der Waals surface area contributed by atoms with E-state index in [1.165, 1.54) is 11.6 Å². The summed E-state index contributed by atoms with van der Waals surface area (Å²) < 4.78 is 1.42. The molecule has 7 nitrogen and oxygen atoms in total. The number of nitrogens with one attached hydrogen (secondary N) is 2. The Balaban J connectivity index is 1.89. The lowest BCUT2D eigenvalue weighted by atomic mass is 10.0. The van der Waals surface area contributed by atoms with Gasteiger partial charge in [-0.15, -0.1) is 4.47 Å². The number of halogens is 1. The number of hydroxylamine groups is 1. The summed E-state index contributed by atoms with van der Waals surface area (Å²) in [6.45, 7) is 1.99. The number of rotatable bonds is 9. The van der Waals surface area contributed by atoms with E-state index in [1.807, 2.05) is 37.3 Å². The first-order valence-electron chi connectivity index (χ1n) is 9.26. The highest BCUT2D eigenvalue weighted by molar-refractivity contribution is 7.97. The molecular weight excluding hydrogens is 426 g/mol. The molecule has 0 aliphatic heterocycles. The number of benzene rings is 2. The standard InChI is InChI=1S/C21H22ClN3O4S/c1-4-14(12-8-6-5-7-9-12)23-16-17(20(28)19(16)27)24-15-11-10-13(22)21(18(15)26)30-25(2)29-3/h5-11,14,23-24,26H,4H2,1-3H3. The van der Waals surface area contributed by atoms with Gasteiger partial charge in [-0.1, -0.05) is 48.9 Å². The Morgan fingerprint density at radius 2 is 1.80 bits per heavy atom. The Kier molecular flexibility index (Phi) is 7.04. The quantitative estimate of drug-likeness (QED) is 0.192. The Labute approximate surface area is 183 Å². The molecule has 0 spiro atoms. The maximum absolute atomic E-state index is 12.2. The smallest absolute Gasteiger partial charge is 0.253 e. The topological polar surface area (TPSA) is 90.9 Å². The third kappa shape index (κ3) is 4.46. The zero-order valence-corrected chi connectivity index (χ0v) is 18.3. The van der Waals surface area contributed by atoms with Crippen LogP contribution in [0.1, 0.15) is 24.9 Å². The van der Waals surface area contributed by atoms with E-state index in [2.05, 4.69) is 10.6 Å². The van der Waals surface area contributed by atoms with Crippen molar-refractivity contribution < 1.29 is 9.94 Å². The lowest BCUT2D eigenvalue weighted by molar-refractivity contribution is -0.0146. The van der Waals surface area contributed by atoms with E-state index in [0.717, 1.165) is 23.9 Å². The molecule has 158 valence electrons. The second-order valence-electron chi connectivity index (χ2n) is 6.54. The molecule has 0 radical (unpaired) electrons. The number of anilines is 3. The SMILES string of the molecule is CCC(Nc1c(Nc2ccc(Cl)c(SN(C)OC)c2O)c(=O)c1=O)c1ccccc1. The molecule has 9 heteroatoms. The fraction of sp³-hybridized carbons (Fsp3) is 0.238. The summed E-state index contributed by atoms with van der Waals surface area (Å²) in [6.07, 6.45) is 0.721. The highest BCUT2D eigenvalue weighted by atomic mass is 35.5. The minimum atomic E-state index is -0.641. The number of phenols is 1. The molecule has 0 aliphatic rings. The summed E-state index contributed by atoms with van der Waals surface area (Å²) in [5, 5.41) is 17.0. The first-order chi connectivity index (χ1) is 14.4. The number of phenolic OH excluding ortho intramolecular Hbond substituents is 1. The van der Waals surface area contributed by atoms with E-state index >= 15 is 0 Å². The van der Waals surface area contributed by atoms with E-state index < -0.39 is 10.9 Å². The van der Waals surface area contributed by atoms with Gasteiger partial charge in [0.25, 0.3) is 10.9 Å². The van der Waals surface area contributed by atoms with Crippen LogP contribution in [0.3, 0.4) is 0 Å². The van der Waals surface area contributed by atoms with Gasteiger partial charge in [-0.3, -0.25) is 14.4 Å². The second kappa shape index (κ2) is 9.53. The predicted molar refractivity (Wildman–Crippen MR) is 121 cm³/mol. The van der Waals surface area contributed by atoms with Crippen molar-refractivity contribution in [2.24, 2.45) is 0 Å². The molecule has 0 fully saturated rings. The molecule has 0 saturated heterocycles. The van der Waals surface area contributed by atoms with Gasteiger partial charge in [-0.05, 0) is 36.1 Å². The largest absolute Gasteiger partial charge is 0.505 e. The first-order valence-corrected chi connectivity index (χ1v) is 10.4. The van der Waals surface area contributed by atoms with E-state index in [-0.39, 0.29) is 28.9 Å². The zero-order valence-electron chi connectivity index (χ0n) is 16.7. The van der Waals surface area contributed by atoms with Crippen molar-refractivity contribution in [3.8, 4) is 5.75 Å². The second-order valence-corrected chi connectivity index (χ2v) is 8.05. The lowest BCUT2D eigenvalue weighted by Crippen LogP contribution is -2.37. The maximum atomic E-state index is 12.2. The maximum Gasteiger partial charge on any atom is 0.253 e. The van der Waals surface area contributed by atoms with Crippen molar-refractivity contribution in [3.63, 3.8) is 0 Å². The summed E-state index contributed by atoms with van der Waals surface area (Å²) in [6, 6.07) is 12.7. The van der Waals surface area contributed by atoms with E-state index in [4.69, 9.17) is 16.4 Å². The van der Waals surface area contributed by atoms with E-state index in [1.54, 1.807) is 19.2 Å². The number of hydrogen-bond acceptors (Lipinski definition) is 8. The van der Waals surface area contributed by atoms with Gasteiger partial charge in [0.1, 0.15) is 11.4 Å². The van der Waals surface area contributed by atoms with Crippen molar-refractivity contribution in [3.05, 3.63) is 73.5 Å².